The summed E-state index contributed by atoms with van der Waals surface area (Å²) in [6, 6.07) is 16.9. The Morgan fingerprint density at radius 3 is 2.20 bits per heavy atom. The van der Waals surface area contributed by atoms with E-state index in [9.17, 15) is 9.59 Å². The van der Waals surface area contributed by atoms with Crippen molar-refractivity contribution in [2.75, 3.05) is 11.9 Å². The molecule has 1 unspecified atom stereocenters. The van der Waals surface area contributed by atoms with E-state index in [1.165, 1.54) is 6.92 Å². The van der Waals surface area contributed by atoms with Crippen molar-refractivity contribution in [1.82, 2.24) is 5.32 Å². The number of carbonyl (C=O) groups excluding carboxylic acids is 2. The summed E-state index contributed by atoms with van der Waals surface area (Å²) in [7, 11) is 0. The van der Waals surface area contributed by atoms with E-state index < -0.39 is 5.54 Å². The van der Waals surface area contributed by atoms with Crippen molar-refractivity contribution < 1.29 is 9.59 Å². The monoisotopic (exact) mass is 361 g/mol. The molecule has 2 aromatic rings. The molecule has 0 saturated heterocycles. The van der Waals surface area contributed by atoms with Crippen LogP contribution in [-0.2, 0) is 21.5 Å². The van der Waals surface area contributed by atoms with Crippen LogP contribution < -0.4 is 16.4 Å². The number of rotatable bonds is 6. The fourth-order valence-electron chi connectivity index (χ4n) is 2.38. The highest BCUT2D eigenvalue weighted by Crippen LogP contribution is 2.17. The number of halogens is 1. The molecule has 0 aliphatic rings. The van der Waals surface area contributed by atoms with Gasteiger partial charge in [-0.15, -0.1) is 12.4 Å². The molecule has 134 valence electrons. The molecule has 6 heteroatoms. The maximum Gasteiger partial charge on any atom is 0.244 e. The lowest BCUT2D eigenvalue weighted by atomic mass is 9.92. The lowest BCUT2D eigenvalue weighted by Crippen LogP contribution is -2.49. The summed E-state index contributed by atoms with van der Waals surface area (Å²) in [6.07, 6.45) is 0.691. The molecule has 0 bridgehead atoms. The molecular formula is C19H24ClN3O2. The van der Waals surface area contributed by atoms with Crippen LogP contribution in [0.2, 0.25) is 0 Å². The summed E-state index contributed by atoms with van der Waals surface area (Å²) in [5.74, 6) is -0.304. The fourth-order valence-corrected chi connectivity index (χ4v) is 2.38. The van der Waals surface area contributed by atoms with E-state index in [0.717, 1.165) is 16.8 Å². The predicted octanol–water partition coefficient (Wildman–Crippen LogP) is 2.60. The maximum absolute atomic E-state index is 12.3. The molecular weight excluding hydrogens is 338 g/mol. The summed E-state index contributed by atoms with van der Waals surface area (Å²) in [6.45, 7) is 3.68. The van der Waals surface area contributed by atoms with Crippen molar-refractivity contribution in [2.45, 2.75) is 25.8 Å². The number of hydrogen-bond acceptors (Lipinski definition) is 3. The van der Waals surface area contributed by atoms with Gasteiger partial charge in [-0.25, -0.2) is 0 Å². The maximum atomic E-state index is 12.3. The van der Waals surface area contributed by atoms with Crippen LogP contribution in [0.4, 0.5) is 5.69 Å². The SMILES string of the molecule is CC(=O)Nc1ccc(CCNC(=O)C(C)(N)c2ccccc2)cc1.Cl. The molecule has 0 radical (unpaired) electrons. The van der Waals surface area contributed by atoms with E-state index in [0.29, 0.717) is 13.0 Å². The minimum Gasteiger partial charge on any atom is -0.354 e. The largest absolute Gasteiger partial charge is 0.354 e. The summed E-state index contributed by atoms with van der Waals surface area (Å²) < 4.78 is 0. The fraction of sp³-hybridized carbons (Fsp3) is 0.263. The predicted molar refractivity (Wildman–Crippen MR) is 103 cm³/mol. The van der Waals surface area contributed by atoms with Gasteiger partial charge >= 0.3 is 0 Å². The minimum absolute atomic E-state index is 0. The standard InChI is InChI=1S/C19H23N3O2.ClH/c1-14(23)22-17-10-8-15(9-11-17)12-13-21-18(24)19(2,20)16-6-4-3-5-7-16;/h3-11H,12-13,20H2,1-2H3,(H,21,24)(H,22,23);1H. The van der Waals surface area contributed by atoms with E-state index >= 15 is 0 Å². The normalized spacial score (nSPS) is 12.4. The molecule has 0 aliphatic carbocycles. The lowest BCUT2D eigenvalue weighted by Gasteiger charge is -2.24. The Morgan fingerprint density at radius 2 is 1.64 bits per heavy atom. The number of amides is 2. The zero-order valence-corrected chi connectivity index (χ0v) is 15.2. The second-order valence-corrected chi connectivity index (χ2v) is 5.95. The van der Waals surface area contributed by atoms with E-state index in [1.54, 1.807) is 6.92 Å². The van der Waals surface area contributed by atoms with Crippen LogP contribution in [0.1, 0.15) is 25.0 Å². The molecule has 0 saturated carbocycles. The smallest absolute Gasteiger partial charge is 0.244 e. The molecule has 25 heavy (non-hydrogen) atoms. The van der Waals surface area contributed by atoms with Crippen LogP contribution in [-0.4, -0.2) is 18.4 Å². The third-order valence-electron chi connectivity index (χ3n) is 3.82. The van der Waals surface area contributed by atoms with Gasteiger partial charge in [-0.05, 0) is 36.6 Å². The Bertz CT molecular complexity index is 700. The first kappa shape index (κ1) is 20.7. The molecule has 5 nitrogen and oxygen atoms in total. The molecule has 0 heterocycles. The second-order valence-electron chi connectivity index (χ2n) is 5.95. The highest BCUT2D eigenvalue weighted by atomic mass is 35.5. The number of carbonyl (C=O) groups is 2. The van der Waals surface area contributed by atoms with Gasteiger partial charge in [0.2, 0.25) is 11.8 Å². The molecule has 4 N–H and O–H groups in total. The molecule has 0 spiro atoms. The quantitative estimate of drug-likeness (QED) is 0.739. The molecule has 0 aromatic heterocycles. The first-order valence-corrected chi connectivity index (χ1v) is 7.89. The van der Waals surface area contributed by atoms with Gasteiger partial charge in [-0.1, -0.05) is 42.5 Å². The summed E-state index contributed by atoms with van der Waals surface area (Å²) in [5.41, 5.74) is 7.73. The van der Waals surface area contributed by atoms with Crippen LogP contribution >= 0.6 is 12.4 Å². The second kappa shape index (κ2) is 9.20. The number of anilines is 1. The van der Waals surface area contributed by atoms with Crippen molar-refractivity contribution in [3.63, 3.8) is 0 Å². The third kappa shape index (κ3) is 5.89. The molecule has 2 aromatic carbocycles. The molecule has 2 amide bonds. The summed E-state index contributed by atoms with van der Waals surface area (Å²) in [5, 5.41) is 5.60. The number of nitrogens with one attached hydrogen (secondary N) is 2. The van der Waals surface area contributed by atoms with Crippen molar-refractivity contribution in [1.29, 1.82) is 0 Å². The van der Waals surface area contributed by atoms with Crippen molar-refractivity contribution >= 4 is 29.9 Å². The Balaban J connectivity index is 0.00000312. The van der Waals surface area contributed by atoms with Crippen molar-refractivity contribution in [3.05, 3.63) is 65.7 Å². The van der Waals surface area contributed by atoms with Crippen molar-refractivity contribution in [2.24, 2.45) is 5.73 Å². The first-order valence-electron chi connectivity index (χ1n) is 7.89. The van der Waals surface area contributed by atoms with E-state index in [4.69, 9.17) is 5.73 Å². The first-order chi connectivity index (χ1) is 11.4. The van der Waals surface area contributed by atoms with Crippen molar-refractivity contribution in [3.8, 4) is 0 Å². The molecule has 0 aliphatic heterocycles. The minimum atomic E-state index is -1.06. The highest BCUT2D eigenvalue weighted by Gasteiger charge is 2.29. The number of benzene rings is 2. The lowest BCUT2D eigenvalue weighted by molar-refractivity contribution is -0.126. The van der Waals surface area contributed by atoms with Crippen LogP contribution in [0, 0.1) is 0 Å². The average Bonchev–Trinajstić information content (AvgIpc) is 2.56. The van der Waals surface area contributed by atoms with Crippen LogP contribution in [0.3, 0.4) is 0 Å². The number of hydrogen-bond donors (Lipinski definition) is 3. The van der Waals surface area contributed by atoms with Gasteiger partial charge in [0.25, 0.3) is 0 Å². The van der Waals surface area contributed by atoms with Gasteiger partial charge in [0, 0.05) is 19.2 Å². The number of nitrogens with two attached hydrogens (primary N) is 1. The van der Waals surface area contributed by atoms with Crippen LogP contribution in [0.15, 0.2) is 54.6 Å². The topological polar surface area (TPSA) is 84.2 Å². The van der Waals surface area contributed by atoms with Gasteiger partial charge in [0.15, 0.2) is 0 Å². The van der Waals surface area contributed by atoms with Gasteiger partial charge in [0.1, 0.15) is 5.54 Å². The van der Waals surface area contributed by atoms with Gasteiger partial charge in [-0.2, -0.15) is 0 Å². The van der Waals surface area contributed by atoms with Gasteiger partial charge < -0.3 is 16.4 Å². The average molecular weight is 362 g/mol. The Morgan fingerprint density at radius 1 is 1.04 bits per heavy atom. The molecule has 1 atom stereocenters. The Kier molecular flexibility index (Phi) is 7.61. The molecule has 2 rings (SSSR count). The Hall–Kier alpha value is -2.37. The van der Waals surface area contributed by atoms with E-state index in [-0.39, 0.29) is 24.2 Å². The Labute approximate surface area is 154 Å². The van der Waals surface area contributed by atoms with E-state index in [2.05, 4.69) is 10.6 Å². The van der Waals surface area contributed by atoms with Crippen LogP contribution in [0.25, 0.3) is 0 Å². The third-order valence-corrected chi connectivity index (χ3v) is 3.82. The zero-order chi connectivity index (χ0) is 17.6. The van der Waals surface area contributed by atoms with Crippen LogP contribution in [0.5, 0.6) is 0 Å². The highest BCUT2D eigenvalue weighted by molar-refractivity contribution is 5.88. The van der Waals surface area contributed by atoms with Gasteiger partial charge in [-0.3, -0.25) is 9.59 Å². The van der Waals surface area contributed by atoms with E-state index in [1.807, 2.05) is 54.6 Å². The zero-order valence-electron chi connectivity index (χ0n) is 14.4. The van der Waals surface area contributed by atoms with Gasteiger partial charge in [0.05, 0.1) is 0 Å². The summed E-state index contributed by atoms with van der Waals surface area (Å²) in [4.78, 5) is 23.3. The molecule has 0 fully saturated rings. The summed E-state index contributed by atoms with van der Waals surface area (Å²) >= 11 is 0.